The molecule has 0 saturated heterocycles. The molecule has 2 aliphatic rings. The van der Waals surface area contributed by atoms with E-state index in [1.165, 1.54) is 19.8 Å². The normalized spacial score (nSPS) is 20.9. The van der Waals surface area contributed by atoms with Crippen molar-refractivity contribution in [3.63, 3.8) is 0 Å². The molecular formula is C26H36N4O5. The van der Waals surface area contributed by atoms with Crippen molar-refractivity contribution < 1.29 is 23.9 Å². The summed E-state index contributed by atoms with van der Waals surface area (Å²) in [7, 11) is 3.14. The summed E-state index contributed by atoms with van der Waals surface area (Å²) in [5.74, 6) is -0.134. The first-order valence-corrected chi connectivity index (χ1v) is 12.4. The maximum atomic E-state index is 14.0. The van der Waals surface area contributed by atoms with E-state index in [9.17, 15) is 14.4 Å². The Balaban J connectivity index is 1.80. The molecule has 2 N–H and O–H groups in total. The topological polar surface area (TPSA) is 102 Å². The average Bonchev–Trinajstić information content (AvgIpc) is 2.96. The molecule has 1 atom stereocenters. The number of carbonyl (C=O) groups excluding carboxylic acids is 3. The van der Waals surface area contributed by atoms with Gasteiger partial charge in [-0.15, -0.1) is 0 Å². The Kier molecular flexibility index (Phi) is 7.35. The van der Waals surface area contributed by atoms with Crippen LogP contribution in [0.25, 0.3) is 10.9 Å². The maximum Gasteiger partial charge on any atom is 0.273 e. The average molecular weight is 485 g/mol. The summed E-state index contributed by atoms with van der Waals surface area (Å²) in [6.07, 6.45) is 6.49. The third-order valence-corrected chi connectivity index (χ3v) is 7.28. The smallest absolute Gasteiger partial charge is 0.273 e. The molecule has 4 rings (SSSR count). The first-order chi connectivity index (χ1) is 16.8. The Hall–Kier alpha value is -3.07. The predicted octanol–water partition coefficient (Wildman–Crippen LogP) is 3.31. The number of anilines is 1. The lowest BCUT2D eigenvalue weighted by molar-refractivity contribution is -0.134. The van der Waals surface area contributed by atoms with Crippen LogP contribution < -0.4 is 15.4 Å². The van der Waals surface area contributed by atoms with Gasteiger partial charge in [-0.1, -0.05) is 25.7 Å². The maximum absolute atomic E-state index is 14.0. The molecule has 2 aromatic rings. The molecule has 0 unspecified atom stereocenters. The standard InChI is InChI=1S/C26H36N4O5/c1-17(31)27-22-20-15-19(35-4)11-12-21(20)29-16-26(2,30(13-14-34-3)24(32)23(22)29)25(33)28-18-9-7-5-6-8-10-18/h11-12,15,18H,5-10,13-14,16H2,1-4H3,(H,27,31)(H,28,33)/t26-/m1/s1. The third kappa shape index (κ3) is 4.74. The number of hydrogen-bond acceptors (Lipinski definition) is 5. The van der Waals surface area contributed by atoms with E-state index in [-0.39, 0.29) is 36.9 Å². The molecule has 9 nitrogen and oxygen atoms in total. The van der Waals surface area contributed by atoms with Crippen molar-refractivity contribution in [3.8, 4) is 5.75 Å². The van der Waals surface area contributed by atoms with E-state index in [0.29, 0.717) is 29.1 Å². The number of nitrogens with zero attached hydrogens (tertiary/aromatic N) is 2. The summed E-state index contributed by atoms with van der Waals surface area (Å²) in [6.45, 7) is 4.05. The highest BCUT2D eigenvalue weighted by atomic mass is 16.5. The molecule has 0 bridgehead atoms. The zero-order chi connectivity index (χ0) is 25.2. The third-order valence-electron chi connectivity index (χ3n) is 7.28. The van der Waals surface area contributed by atoms with Gasteiger partial charge < -0.3 is 29.6 Å². The fraction of sp³-hybridized carbons (Fsp3) is 0.577. The molecule has 1 aliphatic heterocycles. The molecule has 1 aromatic carbocycles. The lowest BCUT2D eigenvalue weighted by Crippen LogP contribution is -2.65. The van der Waals surface area contributed by atoms with Crippen LogP contribution in [-0.2, 0) is 20.9 Å². The van der Waals surface area contributed by atoms with Gasteiger partial charge in [0.15, 0.2) is 0 Å². The van der Waals surface area contributed by atoms with E-state index >= 15 is 0 Å². The van der Waals surface area contributed by atoms with Crippen LogP contribution >= 0.6 is 0 Å². The van der Waals surface area contributed by atoms with Gasteiger partial charge in [0.1, 0.15) is 17.0 Å². The van der Waals surface area contributed by atoms with Crippen LogP contribution in [0.3, 0.4) is 0 Å². The number of ether oxygens (including phenoxy) is 2. The number of methoxy groups -OCH3 is 2. The van der Waals surface area contributed by atoms with Crippen LogP contribution in [-0.4, -0.2) is 66.1 Å². The van der Waals surface area contributed by atoms with Gasteiger partial charge >= 0.3 is 0 Å². The van der Waals surface area contributed by atoms with Crippen molar-refractivity contribution in [3.05, 3.63) is 23.9 Å². The number of carbonyl (C=O) groups is 3. The van der Waals surface area contributed by atoms with E-state index in [0.717, 1.165) is 31.2 Å². The predicted molar refractivity (Wildman–Crippen MR) is 134 cm³/mol. The second-order valence-electron chi connectivity index (χ2n) is 9.76. The number of amides is 3. The van der Waals surface area contributed by atoms with Crippen molar-refractivity contribution in [1.82, 2.24) is 14.8 Å². The fourth-order valence-corrected chi connectivity index (χ4v) is 5.38. The molecule has 2 heterocycles. The summed E-state index contributed by atoms with van der Waals surface area (Å²) >= 11 is 0. The van der Waals surface area contributed by atoms with Crippen molar-refractivity contribution in [1.29, 1.82) is 0 Å². The highest BCUT2D eigenvalue weighted by Gasteiger charge is 2.49. The molecule has 35 heavy (non-hydrogen) atoms. The summed E-state index contributed by atoms with van der Waals surface area (Å²) in [5, 5.41) is 6.80. The van der Waals surface area contributed by atoms with Crippen molar-refractivity contribution in [2.75, 3.05) is 32.7 Å². The van der Waals surface area contributed by atoms with Gasteiger partial charge in [-0.2, -0.15) is 0 Å². The quantitative estimate of drug-likeness (QED) is 0.587. The summed E-state index contributed by atoms with van der Waals surface area (Å²) in [6, 6.07) is 5.60. The molecule has 0 spiro atoms. The van der Waals surface area contributed by atoms with E-state index in [4.69, 9.17) is 9.47 Å². The van der Waals surface area contributed by atoms with Gasteiger partial charge in [-0.05, 0) is 38.0 Å². The largest absolute Gasteiger partial charge is 0.497 e. The minimum Gasteiger partial charge on any atom is -0.497 e. The van der Waals surface area contributed by atoms with Gasteiger partial charge in [0.2, 0.25) is 11.8 Å². The van der Waals surface area contributed by atoms with Crippen molar-refractivity contribution >= 4 is 34.3 Å². The number of fused-ring (bicyclic) bond motifs is 3. The zero-order valence-electron chi connectivity index (χ0n) is 21.1. The second-order valence-corrected chi connectivity index (χ2v) is 9.76. The summed E-state index contributed by atoms with van der Waals surface area (Å²) in [4.78, 5) is 41.5. The second kappa shape index (κ2) is 10.3. The summed E-state index contributed by atoms with van der Waals surface area (Å²) in [5.41, 5.74) is 0.441. The molecule has 9 heteroatoms. The number of nitrogens with one attached hydrogen (secondary N) is 2. The lowest BCUT2D eigenvalue weighted by atomic mass is 9.93. The van der Waals surface area contributed by atoms with E-state index in [2.05, 4.69) is 10.6 Å². The van der Waals surface area contributed by atoms with Gasteiger partial charge in [0.25, 0.3) is 5.91 Å². The molecule has 1 aromatic heterocycles. The van der Waals surface area contributed by atoms with Crippen molar-refractivity contribution in [2.45, 2.75) is 70.5 Å². The Bertz CT molecular complexity index is 1120. The first-order valence-electron chi connectivity index (χ1n) is 12.4. The Morgan fingerprint density at radius 2 is 1.86 bits per heavy atom. The molecule has 1 aliphatic carbocycles. The van der Waals surface area contributed by atoms with Crippen LogP contribution in [0.2, 0.25) is 0 Å². The van der Waals surface area contributed by atoms with Gasteiger partial charge in [-0.25, -0.2) is 0 Å². The molecule has 0 radical (unpaired) electrons. The highest BCUT2D eigenvalue weighted by Crippen LogP contribution is 2.40. The monoisotopic (exact) mass is 484 g/mol. The minimum atomic E-state index is -1.12. The van der Waals surface area contributed by atoms with Crippen LogP contribution in [0, 0.1) is 0 Å². The Morgan fingerprint density at radius 1 is 1.14 bits per heavy atom. The lowest BCUT2D eigenvalue weighted by Gasteiger charge is -2.44. The van der Waals surface area contributed by atoms with Gasteiger partial charge in [-0.3, -0.25) is 14.4 Å². The molecule has 190 valence electrons. The van der Waals surface area contributed by atoms with Crippen LogP contribution in [0.5, 0.6) is 5.75 Å². The van der Waals surface area contributed by atoms with Gasteiger partial charge in [0.05, 0.1) is 31.5 Å². The number of rotatable bonds is 7. The number of hydrogen-bond donors (Lipinski definition) is 2. The number of benzene rings is 1. The van der Waals surface area contributed by atoms with Crippen molar-refractivity contribution in [2.24, 2.45) is 0 Å². The minimum absolute atomic E-state index is 0.114. The van der Waals surface area contributed by atoms with Crippen LogP contribution in [0.15, 0.2) is 18.2 Å². The van der Waals surface area contributed by atoms with E-state index in [1.54, 1.807) is 19.1 Å². The van der Waals surface area contributed by atoms with Crippen LogP contribution in [0.1, 0.15) is 62.9 Å². The first kappa shape index (κ1) is 25.0. The molecule has 3 amide bonds. The SMILES string of the molecule is COCCN1C(=O)c2c(NC(C)=O)c3cc(OC)ccc3n2C[C@]1(C)C(=O)NC1CCCCCC1. The Labute approximate surface area is 206 Å². The fourth-order valence-electron chi connectivity index (χ4n) is 5.38. The molecule has 1 saturated carbocycles. The van der Waals surface area contributed by atoms with Gasteiger partial charge in [0, 0.05) is 32.0 Å². The Morgan fingerprint density at radius 3 is 2.49 bits per heavy atom. The zero-order valence-corrected chi connectivity index (χ0v) is 21.1. The molecular weight excluding hydrogens is 448 g/mol. The van der Waals surface area contributed by atoms with E-state index in [1.807, 2.05) is 29.7 Å². The summed E-state index contributed by atoms with van der Waals surface area (Å²) < 4.78 is 12.5. The van der Waals surface area contributed by atoms with Crippen LogP contribution in [0.4, 0.5) is 5.69 Å². The number of aromatic nitrogens is 1. The molecule has 1 fully saturated rings. The highest BCUT2D eigenvalue weighted by molar-refractivity contribution is 6.14. The van der Waals surface area contributed by atoms with E-state index < -0.39 is 5.54 Å².